The third-order valence-electron chi connectivity index (χ3n) is 4.58. The highest BCUT2D eigenvalue weighted by atomic mass is 16.5. The zero-order chi connectivity index (χ0) is 13.1. The molecule has 1 aromatic carbocycles. The number of nitrogens with one attached hydrogen (secondary N) is 1. The van der Waals surface area contributed by atoms with E-state index in [-0.39, 0.29) is 0 Å². The molecule has 0 aliphatic heterocycles. The lowest BCUT2D eigenvalue weighted by atomic mass is 9.95. The van der Waals surface area contributed by atoms with Gasteiger partial charge < -0.3 is 10.1 Å². The summed E-state index contributed by atoms with van der Waals surface area (Å²) in [4.78, 5) is 0. The van der Waals surface area contributed by atoms with Crippen LogP contribution in [0.2, 0.25) is 0 Å². The number of hydrogen-bond acceptors (Lipinski definition) is 2. The molecule has 3 atom stereocenters. The van der Waals surface area contributed by atoms with E-state index in [4.69, 9.17) is 11.2 Å². The molecular formula is C17H21NO. The van der Waals surface area contributed by atoms with Crippen molar-refractivity contribution in [1.29, 1.82) is 0 Å². The molecule has 100 valence electrons. The van der Waals surface area contributed by atoms with Crippen LogP contribution in [0.5, 0.6) is 5.75 Å². The van der Waals surface area contributed by atoms with E-state index in [0.29, 0.717) is 12.6 Å². The summed E-state index contributed by atoms with van der Waals surface area (Å²) in [5, 5.41) is 3.71. The average molecular weight is 255 g/mol. The number of hydrogen-bond donors (Lipinski definition) is 1. The van der Waals surface area contributed by atoms with Crippen LogP contribution in [0.3, 0.4) is 0 Å². The molecule has 0 aromatic heterocycles. The van der Waals surface area contributed by atoms with Crippen LogP contribution in [0.4, 0.5) is 0 Å². The molecule has 0 saturated heterocycles. The first-order valence-corrected chi connectivity index (χ1v) is 7.24. The number of fused-ring (bicyclic) bond motifs is 2. The van der Waals surface area contributed by atoms with E-state index in [1.54, 1.807) is 0 Å². The van der Waals surface area contributed by atoms with Gasteiger partial charge in [-0.05, 0) is 37.2 Å². The largest absolute Gasteiger partial charge is 0.481 e. The zero-order valence-electron chi connectivity index (χ0n) is 11.3. The molecule has 2 fully saturated rings. The predicted molar refractivity (Wildman–Crippen MR) is 76.8 cm³/mol. The number of benzene rings is 1. The van der Waals surface area contributed by atoms with Crippen LogP contribution in [-0.4, -0.2) is 12.6 Å². The van der Waals surface area contributed by atoms with E-state index in [1.165, 1.54) is 31.2 Å². The van der Waals surface area contributed by atoms with E-state index in [0.717, 1.165) is 24.1 Å². The van der Waals surface area contributed by atoms with Gasteiger partial charge in [0.15, 0.2) is 0 Å². The number of rotatable bonds is 5. The maximum atomic E-state index is 5.59. The smallest absolute Gasteiger partial charge is 0.148 e. The van der Waals surface area contributed by atoms with E-state index >= 15 is 0 Å². The molecule has 1 aromatic rings. The van der Waals surface area contributed by atoms with Crippen molar-refractivity contribution in [2.75, 3.05) is 6.61 Å². The summed E-state index contributed by atoms with van der Waals surface area (Å²) in [6, 6.07) is 8.87. The molecule has 3 rings (SSSR count). The first-order chi connectivity index (χ1) is 9.36. The van der Waals surface area contributed by atoms with Crippen LogP contribution in [0.15, 0.2) is 24.3 Å². The summed E-state index contributed by atoms with van der Waals surface area (Å²) in [5.74, 6) is 5.32. The maximum absolute atomic E-state index is 5.59. The van der Waals surface area contributed by atoms with Gasteiger partial charge in [-0.25, -0.2) is 0 Å². The van der Waals surface area contributed by atoms with Gasteiger partial charge in [0, 0.05) is 18.2 Å². The fourth-order valence-corrected chi connectivity index (χ4v) is 3.65. The molecule has 1 N–H and O–H groups in total. The average Bonchev–Trinajstić information content (AvgIpc) is 3.06. The van der Waals surface area contributed by atoms with Gasteiger partial charge in [-0.15, -0.1) is 6.42 Å². The number of ether oxygens (including phenoxy) is 1. The highest BCUT2D eigenvalue weighted by Gasteiger charge is 2.38. The predicted octanol–water partition coefficient (Wildman–Crippen LogP) is 2.98. The molecular weight excluding hydrogens is 234 g/mol. The standard InChI is InChI=1S/C17H21NO/c1-2-9-19-17-6-4-3-5-15(17)12-18-16-11-13-7-8-14(16)10-13/h1,3-6,13-14,16,18H,7-12H2. The third-order valence-corrected chi connectivity index (χ3v) is 4.58. The van der Waals surface area contributed by atoms with Gasteiger partial charge in [0.1, 0.15) is 12.4 Å². The lowest BCUT2D eigenvalue weighted by Crippen LogP contribution is -2.33. The van der Waals surface area contributed by atoms with Crippen molar-refractivity contribution in [1.82, 2.24) is 5.32 Å². The SMILES string of the molecule is C#CCOc1ccccc1CNC1CC2CCC1C2. The first-order valence-electron chi connectivity index (χ1n) is 7.24. The summed E-state index contributed by atoms with van der Waals surface area (Å²) in [5.41, 5.74) is 1.21. The topological polar surface area (TPSA) is 21.3 Å². The minimum atomic E-state index is 0.338. The van der Waals surface area contributed by atoms with Crippen molar-refractivity contribution in [2.24, 2.45) is 11.8 Å². The molecule has 0 radical (unpaired) electrons. The Labute approximate surface area is 115 Å². The Morgan fingerprint density at radius 1 is 1.26 bits per heavy atom. The molecule has 0 heterocycles. The summed E-state index contributed by atoms with van der Waals surface area (Å²) in [6.07, 6.45) is 10.9. The van der Waals surface area contributed by atoms with Crippen molar-refractivity contribution in [2.45, 2.75) is 38.3 Å². The van der Waals surface area contributed by atoms with Crippen LogP contribution in [-0.2, 0) is 6.54 Å². The van der Waals surface area contributed by atoms with Crippen molar-refractivity contribution in [3.8, 4) is 18.1 Å². The lowest BCUT2D eigenvalue weighted by Gasteiger charge is -2.23. The second-order valence-electron chi connectivity index (χ2n) is 5.76. The van der Waals surface area contributed by atoms with E-state index in [2.05, 4.69) is 23.4 Å². The Morgan fingerprint density at radius 3 is 2.89 bits per heavy atom. The van der Waals surface area contributed by atoms with Gasteiger partial charge in [0.2, 0.25) is 0 Å². The Hall–Kier alpha value is -1.46. The molecule has 2 nitrogen and oxygen atoms in total. The number of terminal acetylenes is 1. The van der Waals surface area contributed by atoms with Crippen LogP contribution < -0.4 is 10.1 Å². The molecule has 3 unspecified atom stereocenters. The Bertz CT molecular complexity index is 476. The van der Waals surface area contributed by atoms with E-state index in [1.807, 2.05) is 12.1 Å². The molecule has 2 aliphatic rings. The Balaban J connectivity index is 1.59. The molecule has 2 saturated carbocycles. The molecule has 0 amide bonds. The van der Waals surface area contributed by atoms with Crippen LogP contribution in [0, 0.1) is 24.2 Å². The van der Waals surface area contributed by atoms with Crippen LogP contribution in [0.25, 0.3) is 0 Å². The first kappa shape index (κ1) is 12.6. The lowest BCUT2D eigenvalue weighted by molar-refractivity contribution is 0.340. The van der Waals surface area contributed by atoms with Gasteiger partial charge in [0.25, 0.3) is 0 Å². The zero-order valence-corrected chi connectivity index (χ0v) is 11.3. The van der Waals surface area contributed by atoms with E-state index in [9.17, 15) is 0 Å². The third kappa shape index (κ3) is 2.77. The van der Waals surface area contributed by atoms with Crippen LogP contribution >= 0.6 is 0 Å². The second-order valence-corrected chi connectivity index (χ2v) is 5.76. The minimum Gasteiger partial charge on any atom is -0.481 e. The Morgan fingerprint density at radius 2 is 2.16 bits per heavy atom. The van der Waals surface area contributed by atoms with Crippen molar-refractivity contribution < 1.29 is 4.74 Å². The minimum absolute atomic E-state index is 0.338. The van der Waals surface area contributed by atoms with Crippen molar-refractivity contribution in [3.05, 3.63) is 29.8 Å². The van der Waals surface area contributed by atoms with Gasteiger partial charge in [-0.1, -0.05) is 30.5 Å². The highest BCUT2D eigenvalue weighted by molar-refractivity contribution is 5.33. The van der Waals surface area contributed by atoms with Gasteiger partial charge in [0.05, 0.1) is 0 Å². The molecule has 2 bridgehead atoms. The monoisotopic (exact) mass is 255 g/mol. The normalized spacial score (nSPS) is 28.3. The van der Waals surface area contributed by atoms with Gasteiger partial charge in [-0.3, -0.25) is 0 Å². The quantitative estimate of drug-likeness (QED) is 0.817. The molecule has 0 spiro atoms. The van der Waals surface area contributed by atoms with Crippen LogP contribution in [0.1, 0.15) is 31.2 Å². The fraction of sp³-hybridized carbons (Fsp3) is 0.529. The van der Waals surface area contributed by atoms with Crippen molar-refractivity contribution >= 4 is 0 Å². The molecule has 2 heteroatoms. The van der Waals surface area contributed by atoms with Crippen molar-refractivity contribution in [3.63, 3.8) is 0 Å². The molecule has 19 heavy (non-hydrogen) atoms. The molecule has 2 aliphatic carbocycles. The van der Waals surface area contributed by atoms with Gasteiger partial charge >= 0.3 is 0 Å². The summed E-state index contributed by atoms with van der Waals surface area (Å²) in [6.45, 7) is 1.22. The second kappa shape index (κ2) is 5.67. The van der Waals surface area contributed by atoms with E-state index < -0.39 is 0 Å². The van der Waals surface area contributed by atoms with Gasteiger partial charge in [-0.2, -0.15) is 0 Å². The summed E-state index contributed by atoms with van der Waals surface area (Å²) >= 11 is 0. The highest BCUT2D eigenvalue weighted by Crippen LogP contribution is 2.44. The Kier molecular flexibility index (Phi) is 3.75. The fourth-order valence-electron chi connectivity index (χ4n) is 3.65. The summed E-state index contributed by atoms with van der Waals surface area (Å²) in [7, 11) is 0. The number of para-hydroxylation sites is 1. The maximum Gasteiger partial charge on any atom is 0.148 e. The summed E-state index contributed by atoms with van der Waals surface area (Å²) < 4.78 is 5.59.